The number of carbonyl (C=O) groups is 1. The van der Waals surface area contributed by atoms with Crippen LogP contribution in [-0.4, -0.2) is 17.6 Å². The van der Waals surface area contributed by atoms with Gasteiger partial charge in [-0.05, 0) is 37.8 Å². The molecule has 0 saturated heterocycles. The first-order valence-electron chi connectivity index (χ1n) is 6.65. The number of fused-ring (bicyclic) bond motifs is 3. The summed E-state index contributed by atoms with van der Waals surface area (Å²) in [4.78, 5) is 15.3. The number of aryl methyl sites for hydroxylation is 1. The van der Waals surface area contributed by atoms with Crippen molar-refractivity contribution in [2.75, 3.05) is 6.61 Å². The predicted octanol–water partition coefficient (Wildman–Crippen LogP) is 3.49. The van der Waals surface area contributed by atoms with Crippen LogP contribution < -0.4 is 0 Å². The molecular formula is C15H16ClNO2. The van der Waals surface area contributed by atoms with E-state index in [1.54, 1.807) is 0 Å². The van der Waals surface area contributed by atoms with E-state index in [-0.39, 0.29) is 11.9 Å². The van der Waals surface area contributed by atoms with E-state index in [2.05, 4.69) is 11.1 Å². The number of esters is 1. The zero-order chi connectivity index (χ0) is 13.4. The van der Waals surface area contributed by atoms with Crippen LogP contribution in [-0.2, 0) is 22.4 Å². The molecule has 1 N–H and O–H groups in total. The summed E-state index contributed by atoms with van der Waals surface area (Å²) in [6.07, 6.45) is 2.47. The average Bonchev–Trinajstić information content (AvgIpc) is 2.78. The fraction of sp³-hybridized carbons (Fsp3) is 0.400. The van der Waals surface area contributed by atoms with Crippen LogP contribution in [0.25, 0.3) is 10.9 Å². The maximum Gasteiger partial charge on any atom is 0.309 e. The molecule has 2 aromatic rings. The van der Waals surface area contributed by atoms with Gasteiger partial charge in [-0.3, -0.25) is 4.79 Å². The highest BCUT2D eigenvalue weighted by atomic mass is 35.5. The van der Waals surface area contributed by atoms with Crippen LogP contribution in [0.2, 0.25) is 5.02 Å². The first-order chi connectivity index (χ1) is 9.20. The van der Waals surface area contributed by atoms with Gasteiger partial charge in [0, 0.05) is 11.1 Å². The molecule has 0 amide bonds. The van der Waals surface area contributed by atoms with Crippen LogP contribution in [0.1, 0.15) is 24.6 Å². The number of benzene rings is 1. The molecule has 0 unspecified atom stereocenters. The summed E-state index contributed by atoms with van der Waals surface area (Å²) in [5.74, 6) is -0.102. The van der Waals surface area contributed by atoms with Crippen molar-refractivity contribution in [2.24, 2.45) is 5.92 Å². The summed E-state index contributed by atoms with van der Waals surface area (Å²) in [6.45, 7) is 2.29. The topological polar surface area (TPSA) is 42.1 Å². The van der Waals surface area contributed by atoms with E-state index in [0.717, 1.165) is 35.2 Å². The van der Waals surface area contributed by atoms with Gasteiger partial charge in [-0.25, -0.2) is 0 Å². The Kier molecular flexibility index (Phi) is 3.23. The van der Waals surface area contributed by atoms with Gasteiger partial charge in [0.25, 0.3) is 0 Å². The Hall–Kier alpha value is -1.48. The Balaban J connectivity index is 1.98. The van der Waals surface area contributed by atoms with Crippen molar-refractivity contribution in [2.45, 2.75) is 26.2 Å². The summed E-state index contributed by atoms with van der Waals surface area (Å²) in [6, 6.07) is 5.89. The first kappa shape index (κ1) is 12.5. The van der Waals surface area contributed by atoms with Crippen LogP contribution in [0, 0.1) is 5.92 Å². The van der Waals surface area contributed by atoms with Crippen LogP contribution in [0.3, 0.4) is 0 Å². The van der Waals surface area contributed by atoms with Gasteiger partial charge in [0.05, 0.1) is 23.1 Å². The molecule has 100 valence electrons. The fourth-order valence-electron chi connectivity index (χ4n) is 2.87. The number of aromatic amines is 1. The minimum atomic E-state index is -0.0791. The van der Waals surface area contributed by atoms with Crippen molar-refractivity contribution in [1.29, 1.82) is 0 Å². The van der Waals surface area contributed by atoms with Gasteiger partial charge in [0.1, 0.15) is 0 Å². The fourth-order valence-corrected chi connectivity index (χ4v) is 3.09. The monoisotopic (exact) mass is 277 g/mol. The number of hydrogen-bond donors (Lipinski definition) is 1. The van der Waals surface area contributed by atoms with Gasteiger partial charge in [0.2, 0.25) is 0 Å². The van der Waals surface area contributed by atoms with E-state index in [0.29, 0.717) is 6.61 Å². The van der Waals surface area contributed by atoms with Crippen molar-refractivity contribution >= 4 is 28.5 Å². The normalized spacial score (nSPS) is 18.3. The number of ether oxygens (including phenoxy) is 1. The maximum absolute atomic E-state index is 11.9. The van der Waals surface area contributed by atoms with Crippen LogP contribution >= 0.6 is 11.6 Å². The number of H-pyrrole nitrogens is 1. The predicted molar refractivity (Wildman–Crippen MR) is 75.5 cm³/mol. The Morgan fingerprint density at radius 3 is 3.16 bits per heavy atom. The molecule has 1 aromatic carbocycles. The lowest BCUT2D eigenvalue weighted by atomic mass is 9.86. The lowest BCUT2D eigenvalue weighted by Gasteiger charge is -2.20. The van der Waals surface area contributed by atoms with Crippen molar-refractivity contribution in [3.63, 3.8) is 0 Å². The third-order valence-electron chi connectivity index (χ3n) is 3.79. The second-order valence-electron chi connectivity index (χ2n) is 4.94. The highest BCUT2D eigenvalue weighted by molar-refractivity contribution is 6.35. The number of hydrogen-bond acceptors (Lipinski definition) is 2. The van der Waals surface area contributed by atoms with Gasteiger partial charge in [-0.2, -0.15) is 0 Å². The standard InChI is InChI=1S/C15H16ClNO2/c1-2-19-15(18)9-6-7-13-11(8-9)10-4-3-5-12(16)14(10)17-13/h3-5,9,17H,2,6-8H2,1H3/t9-/m1/s1. The Morgan fingerprint density at radius 1 is 1.53 bits per heavy atom. The number of carbonyl (C=O) groups excluding carboxylic acids is 1. The number of para-hydroxylation sites is 1. The van der Waals surface area contributed by atoms with E-state index in [9.17, 15) is 4.79 Å². The molecule has 3 nitrogen and oxygen atoms in total. The number of rotatable bonds is 2. The third-order valence-corrected chi connectivity index (χ3v) is 4.11. The second-order valence-corrected chi connectivity index (χ2v) is 5.34. The molecule has 1 atom stereocenters. The lowest BCUT2D eigenvalue weighted by molar-refractivity contribution is -0.148. The van der Waals surface area contributed by atoms with E-state index >= 15 is 0 Å². The quantitative estimate of drug-likeness (QED) is 0.854. The van der Waals surface area contributed by atoms with Gasteiger partial charge in [-0.15, -0.1) is 0 Å². The minimum absolute atomic E-state index is 0.0227. The molecule has 19 heavy (non-hydrogen) atoms. The van der Waals surface area contributed by atoms with Crippen molar-refractivity contribution in [3.8, 4) is 0 Å². The van der Waals surface area contributed by atoms with E-state index in [4.69, 9.17) is 16.3 Å². The zero-order valence-electron chi connectivity index (χ0n) is 10.8. The van der Waals surface area contributed by atoms with Gasteiger partial charge >= 0.3 is 5.97 Å². The average molecular weight is 278 g/mol. The molecule has 0 spiro atoms. The summed E-state index contributed by atoms with van der Waals surface area (Å²) >= 11 is 6.20. The molecular weight excluding hydrogens is 262 g/mol. The summed E-state index contributed by atoms with van der Waals surface area (Å²) in [5, 5.41) is 1.87. The van der Waals surface area contributed by atoms with Gasteiger partial charge < -0.3 is 9.72 Å². The highest BCUT2D eigenvalue weighted by Crippen LogP contribution is 2.34. The Morgan fingerprint density at radius 2 is 2.37 bits per heavy atom. The van der Waals surface area contributed by atoms with Crippen molar-refractivity contribution < 1.29 is 9.53 Å². The zero-order valence-corrected chi connectivity index (χ0v) is 11.6. The lowest BCUT2D eigenvalue weighted by Crippen LogP contribution is -2.24. The SMILES string of the molecule is CCOC(=O)[C@@H]1CCc2[nH]c3c(Cl)cccc3c2C1. The Labute approximate surface area is 116 Å². The van der Waals surface area contributed by atoms with Crippen LogP contribution in [0.5, 0.6) is 0 Å². The van der Waals surface area contributed by atoms with Gasteiger partial charge in [0.15, 0.2) is 0 Å². The van der Waals surface area contributed by atoms with Crippen LogP contribution in [0.4, 0.5) is 0 Å². The molecule has 0 bridgehead atoms. The molecule has 0 aliphatic heterocycles. The molecule has 0 radical (unpaired) electrons. The van der Waals surface area contributed by atoms with Crippen molar-refractivity contribution in [3.05, 3.63) is 34.5 Å². The van der Waals surface area contributed by atoms with Gasteiger partial charge in [-0.1, -0.05) is 23.7 Å². The summed E-state index contributed by atoms with van der Waals surface area (Å²) in [5.41, 5.74) is 3.42. The first-order valence-corrected chi connectivity index (χ1v) is 7.03. The minimum Gasteiger partial charge on any atom is -0.466 e. The molecule has 1 aliphatic rings. The van der Waals surface area contributed by atoms with E-state index < -0.39 is 0 Å². The number of nitrogens with one attached hydrogen (secondary N) is 1. The summed E-state index contributed by atoms with van der Waals surface area (Å²) in [7, 11) is 0. The number of aromatic nitrogens is 1. The molecule has 4 heteroatoms. The molecule has 1 aromatic heterocycles. The summed E-state index contributed by atoms with van der Waals surface area (Å²) < 4.78 is 5.13. The molecule has 0 saturated carbocycles. The molecule has 0 fully saturated rings. The van der Waals surface area contributed by atoms with E-state index in [1.165, 1.54) is 11.3 Å². The molecule has 1 heterocycles. The Bertz CT molecular complexity index is 632. The largest absolute Gasteiger partial charge is 0.466 e. The molecule has 3 rings (SSSR count). The maximum atomic E-state index is 11.9. The highest BCUT2D eigenvalue weighted by Gasteiger charge is 2.28. The second kappa shape index (κ2) is 4.89. The van der Waals surface area contributed by atoms with Crippen LogP contribution in [0.15, 0.2) is 18.2 Å². The van der Waals surface area contributed by atoms with E-state index in [1.807, 2.05) is 19.1 Å². The smallest absolute Gasteiger partial charge is 0.309 e. The third kappa shape index (κ3) is 2.12. The van der Waals surface area contributed by atoms with Crippen molar-refractivity contribution in [1.82, 2.24) is 4.98 Å². The number of halogens is 1. The molecule has 1 aliphatic carbocycles.